The lowest BCUT2D eigenvalue weighted by Crippen LogP contribution is -2.15. The van der Waals surface area contributed by atoms with E-state index in [1.807, 2.05) is 0 Å². The number of aromatic hydroxyl groups is 1. The number of phenols is 1. The summed E-state index contributed by atoms with van der Waals surface area (Å²) >= 11 is 0. The minimum atomic E-state index is -0.578. The average molecular weight is 303 g/mol. The summed E-state index contributed by atoms with van der Waals surface area (Å²) in [6.07, 6.45) is 1.56. The van der Waals surface area contributed by atoms with Crippen LogP contribution in [0.5, 0.6) is 11.5 Å². The smallest absolute Gasteiger partial charge is 0.340 e. The largest absolute Gasteiger partial charge is 0.504 e. The molecule has 22 heavy (non-hydrogen) atoms. The summed E-state index contributed by atoms with van der Waals surface area (Å²) in [7, 11) is 1.26. The van der Waals surface area contributed by atoms with Gasteiger partial charge in [-0.15, -0.1) is 0 Å². The Bertz CT molecular complexity index is 688. The highest BCUT2D eigenvalue weighted by Crippen LogP contribution is 2.30. The van der Waals surface area contributed by atoms with Crippen molar-refractivity contribution in [1.29, 1.82) is 0 Å². The molecule has 6 heteroatoms. The minimum Gasteiger partial charge on any atom is -0.504 e. The fourth-order valence-electron chi connectivity index (χ4n) is 2.18. The fourth-order valence-corrected chi connectivity index (χ4v) is 2.18. The number of amides is 1. The molecule has 1 aromatic rings. The number of carbonyl (C=O) groups excluding carboxylic acids is 2. The van der Waals surface area contributed by atoms with Crippen molar-refractivity contribution >= 4 is 18.0 Å². The molecule has 1 aromatic carbocycles. The van der Waals surface area contributed by atoms with Crippen molar-refractivity contribution in [2.24, 2.45) is 0 Å². The molecule has 2 rings (SSSR count). The number of carbonyl (C=O) groups is 2. The number of allylic oxidation sites excluding steroid dienone is 1. The number of ether oxygens (including phenoxy) is 2. The van der Waals surface area contributed by atoms with E-state index in [0.29, 0.717) is 23.6 Å². The molecule has 1 heterocycles. The quantitative estimate of drug-likeness (QED) is 0.654. The van der Waals surface area contributed by atoms with Gasteiger partial charge >= 0.3 is 5.97 Å². The van der Waals surface area contributed by atoms with Crippen molar-refractivity contribution in [1.82, 2.24) is 5.32 Å². The Balaban J connectivity index is 2.45. The number of benzene rings is 1. The van der Waals surface area contributed by atoms with E-state index >= 15 is 0 Å². The summed E-state index contributed by atoms with van der Waals surface area (Å²) in [5.74, 6) is -0.620. The Morgan fingerprint density at radius 2 is 2.14 bits per heavy atom. The third-order valence-electron chi connectivity index (χ3n) is 3.17. The zero-order valence-electron chi connectivity index (χ0n) is 12.6. The van der Waals surface area contributed by atoms with Gasteiger partial charge in [0, 0.05) is 5.70 Å². The Morgan fingerprint density at radius 1 is 1.41 bits per heavy atom. The molecule has 6 nitrogen and oxygen atoms in total. The molecule has 0 saturated heterocycles. The number of methoxy groups -OCH3 is 1. The first kappa shape index (κ1) is 15.6. The van der Waals surface area contributed by atoms with Gasteiger partial charge in [0.05, 0.1) is 24.9 Å². The Morgan fingerprint density at radius 3 is 2.77 bits per heavy atom. The summed E-state index contributed by atoms with van der Waals surface area (Å²) in [5, 5.41) is 12.3. The highest BCUT2D eigenvalue weighted by Gasteiger charge is 2.30. The van der Waals surface area contributed by atoms with E-state index in [-0.39, 0.29) is 22.8 Å². The third kappa shape index (κ3) is 2.95. The van der Waals surface area contributed by atoms with Crippen molar-refractivity contribution in [3.8, 4) is 11.5 Å². The van der Waals surface area contributed by atoms with Crippen LogP contribution in [0.15, 0.2) is 35.0 Å². The number of phenolic OH excluding ortho intramolecular Hbond substituents is 1. The third-order valence-corrected chi connectivity index (χ3v) is 3.17. The van der Waals surface area contributed by atoms with E-state index in [0.717, 1.165) is 0 Å². The molecular formula is C16H17NO5. The van der Waals surface area contributed by atoms with Crippen molar-refractivity contribution in [2.75, 3.05) is 13.7 Å². The molecule has 0 saturated carbocycles. The second-order valence-corrected chi connectivity index (χ2v) is 4.66. The van der Waals surface area contributed by atoms with E-state index in [2.05, 4.69) is 5.32 Å². The summed E-state index contributed by atoms with van der Waals surface area (Å²) in [4.78, 5) is 23.8. The zero-order valence-corrected chi connectivity index (χ0v) is 12.6. The normalized spacial score (nSPS) is 16.0. The first-order chi connectivity index (χ1) is 10.5. The maximum Gasteiger partial charge on any atom is 0.340 e. The van der Waals surface area contributed by atoms with Gasteiger partial charge in [0.15, 0.2) is 11.5 Å². The van der Waals surface area contributed by atoms with Crippen molar-refractivity contribution < 1.29 is 24.2 Å². The Hall–Kier alpha value is -2.76. The highest BCUT2D eigenvalue weighted by atomic mass is 16.5. The molecule has 1 amide bonds. The number of hydrogen-bond donors (Lipinski definition) is 2. The van der Waals surface area contributed by atoms with E-state index in [4.69, 9.17) is 9.47 Å². The predicted octanol–water partition coefficient (Wildman–Crippen LogP) is 1.75. The Labute approximate surface area is 128 Å². The summed E-state index contributed by atoms with van der Waals surface area (Å²) < 4.78 is 10.0. The maximum atomic E-state index is 12.0. The van der Waals surface area contributed by atoms with E-state index < -0.39 is 5.97 Å². The minimum absolute atomic E-state index is 0.0137. The first-order valence-electron chi connectivity index (χ1n) is 6.76. The topological polar surface area (TPSA) is 84.9 Å². The van der Waals surface area contributed by atoms with Crippen LogP contribution in [0.4, 0.5) is 0 Å². The lowest BCUT2D eigenvalue weighted by Gasteiger charge is -2.07. The van der Waals surface area contributed by atoms with E-state index in [9.17, 15) is 14.7 Å². The van der Waals surface area contributed by atoms with Crippen molar-refractivity contribution in [3.63, 3.8) is 0 Å². The number of nitrogens with one attached hydrogen (secondary N) is 1. The van der Waals surface area contributed by atoms with Crippen LogP contribution in [-0.4, -0.2) is 30.7 Å². The van der Waals surface area contributed by atoms with Crippen LogP contribution in [0.25, 0.3) is 6.08 Å². The van der Waals surface area contributed by atoms with Crippen LogP contribution in [0.1, 0.15) is 19.4 Å². The monoisotopic (exact) mass is 303 g/mol. The molecule has 0 radical (unpaired) electrons. The maximum absolute atomic E-state index is 12.0. The predicted molar refractivity (Wildman–Crippen MR) is 80.1 cm³/mol. The first-order valence-corrected chi connectivity index (χ1v) is 6.76. The van der Waals surface area contributed by atoms with E-state index in [1.165, 1.54) is 13.2 Å². The molecule has 0 atom stereocenters. The fraction of sp³-hybridized carbons (Fsp3) is 0.250. The van der Waals surface area contributed by atoms with Gasteiger partial charge in [-0.05, 0) is 37.6 Å². The number of rotatable bonds is 4. The van der Waals surface area contributed by atoms with Gasteiger partial charge in [0.1, 0.15) is 0 Å². The van der Waals surface area contributed by atoms with Crippen LogP contribution in [0, 0.1) is 0 Å². The van der Waals surface area contributed by atoms with Gasteiger partial charge in [-0.3, -0.25) is 4.79 Å². The second-order valence-electron chi connectivity index (χ2n) is 4.66. The SMILES string of the molecule is CCOc1cc(C=C2C(=O)NC(C)=C2C(=O)OC)ccc1O. The van der Waals surface area contributed by atoms with Crippen molar-refractivity contribution in [3.05, 3.63) is 40.6 Å². The summed E-state index contributed by atoms with van der Waals surface area (Å²) in [5.41, 5.74) is 1.51. The molecule has 0 spiro atoms. The Kier molecular flexibility index (Phi) is 4.50. The molecule has 116 valence electrons. The van der Waals surface area contributed by atoms with Crippen LogP contribution >= 0.6 is 0 Å². The molecule has 1 aliphatic heterocycles. The molecule has 0 unspecified atom stereocenters. The van der Waals surface area contributed by atoms with Gasteiger partial charge in [0.25, 0.3) is 5.91 Å². The molecule has 0 aromatic heterocycles. The number of esters is 1. The molecule has 2 N–H and O–H groups in total. The molecule has 1 aliphatic rings. The molecular weight excluding hydrogens is 286 g/mol. The van der Waals surface area contributed by atoms with Gasteiger partial charge in [-0.1, -0.05) is 6.07 Å². The van der Waals surface area contributed by atoms with Crippen LogP contribution in [0.3, 0.4) is 0 Å². The van der Waals surface area contributed by atoms with Gasteiger partial charge in [-0.25, -0.2) is 4.79 Å². The van der Waals surface area contributed by atoms with Crippen LogP contribution in [-0.2, 0) is 14.3 Å². The standard InChI is InChI=1S/C16H17NO5/c1-4-22-13-8-10(5-6-12(13)18)7-11-14(16(20)21-3)9(2)17-15(11)19/h5-8,18H,4H2,1-3H3,(H,17,19). The molecule has 0 aliphatic carbocycles. The number of hydrogen-bond acceptors (Lipinski definition) is 5. The second kappa shape index (κ2) is 6.34. The average Bonchev–Trinajstić information content (AvgIpc) is 2.76. The van der Waals surface area contributed by atoms with Crippen LogP contribution in [0.2, 0.25) is 0 Å². The van der Waals surface area contributed by atoms with Crippen molar-refractivity contribution in [2.45, 2.75) is 13.8 Å². The highest BCUT2D eigenvalue weighted by molar-refractivity contribution is 6.16. The van der Waals surface area contributed by atoms with Gasteiger partial charge in [0.2, 0.25) is 0 Å². The van der Waals surface area contributed by atoms with E-state index in [1.54, 1.807) is 32.1 Å². The van der Waals surface area contributed by atoms with Crippen LogP contribution < -0.4 is 10.1 Å². The lowest BCUT2D eigenvalue weighted by molar-refractivity contribution is -0.136. The summed E-state index contributed by atoms with van der Waals surface area (Å²) in [6, 6.07) is 4.70. The zero-order chi connectivity index (χ0) is 16.3. The molecule has 0 bridgehead atoms. The van der Waals surface area contributed by atoms with Gasteiger partial charge in [-0.2, -0.15) is 0 Å². The lowest BCUT2D eigenvalue weighted by atomic mass is 10.0. The summed E-state index contributed by atoms with van der Waals surface area (Å²) in [6.45, 7) is 3.84. The molecule has 0 fully saturated rings. The van der Waals surface area contributed by atoms with Gasteiger partial charge < -0.3 is 19.9 Å².